The molecule has 0 saturated carbocycles. The van der Waals surface area contributed by atoms with E-state index < -0.39 is 0 Å². The van der Waals surface area contributed by atoms with Gasteiger partial charge in [0.1, 0.15) is 5.75 Å². The molecule has 0 aromatic heterocycles. The van der Waals surface area contributed by atoms with Crippen LogP contribution in [0.5, 0.6) is 5.75 Å². The zero-order valence-electron chi connectivity index (χ0n) is 20.0. The predicted molar refractivity (Wildman–Crippen MR) is 129 cm³/mol. The van der Waals surface area contributed by atoms with Crippen molar-refractivity contribution in [1.29, 1.82) is 0 Å². The number of amides is 1. The number of aryl methyl sites for hydroxylation is 1. The maximum atomic E-state index is 12.9. The van der Waals surface area contributed by atoms with Crippen molar-refractivity contribution in [3.05, 3.63) is 59.2 Å². The van der Waals surface area contributed by atoms with E-state index in [2.05, 4.69) is 82.8 Å². The number of para-hydroxylation sites is 1. The van der Waals surface area contributed by atoms with Crippen LogP contribution >= 0.6 is 0 Å². The summed E-state index contributed by atoms with van der Waals surface area (Å²) in [6.07, 6.45) is 1.20. The van der Waals surface area contributed by atoms with Gasteiger partial charge in [-0.1, -0.05) is 71.9 Å². The van der Waals surface area contributed by atoms with Gasteiger partial charge < -0.3 is 14.9 Å². The summed E-state index contributed by atoms with van der Waals surface area (Å²) < 4.78 is 0. The Labute approximate surface area is 187 Å². The Kier molecular flexibility index (Phi) is 6.68. The second-order valence-corrected chi connectivity index (χ2v) is 10.7. The number of aromatic hydroxyl groups is 1. The van der Waals surface area contributed by atoms with Crippen molar-refractivity contribution in [2.75, 3.05) is 31.1 Å². The van der Waals surface area contributed by atoms with Crippen LogP contribution in [0.4, 0.5) is 5.69 Å². The lowest BCUT2D eigenvalue weighted by Crippen LogP contribution is -2.48. The van der Waals surface area contributed by atoms with E-state index in [4.69, 9.17) is 0 Å². The van der Waals surface area contributed by atoms with Crippen LogP contribution in [-0.4, -0.2) is 42.1 Å². The van der Waals surface area contributed by atoms with E-state index in [-0.39, 0.29) is 16.7 Å². The van der Waals surface area contributed by atoms with Crippen LogP contribution < -0.4 is 4.90 Å². The summed E-state index contributed by atoms with van der Waals surface area (Å²) in [6, 6.07) is 14.6. The average Bonchev–Trinajstić information content (AvgIpc) is 2.72. The highest BCUT2D eigenvalue weighted by Gasteiger charge is 2.27. The van der Waals surface area contributed by atoms with Crippen molar-refractivity contribution < 1.29 is 9.90 Å². The van der Waals surface area contributed by atoms with E-state index in [1.165, 1.54) is 5.69 Å². The molecule has 4 heteroatoms. The highest BCUT2D eigenvalue weighted by atomic mass is 16.3. The van der Waals surface area contributed by atoms with Crippen LogP contribution in [0.15, 0.2) is 42.5 Å². The van der Waals surface area contributed by atoms with Gasteiger partial charge in [-0.3, -0.25) is 4.79 Å². The summed E-state index contributed by atoms with van der Waals surface area (Å²) in [7, 11) is 0. The van der Waals surface area contributed by atoms with E-state index >= 15 is 0 Å². The van der Waals surface area contributed by atoms with Gasteiger partial charge in [0.25, 0.3) is 0 Å². The zero-order chi connectivity index (χ0) is 22.8. The number of hydrogen-bond donors (Lipinski definition) is 1. The van der Waals surface area contributed by atoms with Crippen LogP contribution in [0.3, 0.4) is 0 Å². The number of anilines is 1. The standard InChI is InChI=1S/C27H38N2O2/c1-26(2,3)22-18-20(19-23(25(22)31)27(4,5)6)12-13-24(30)29-16-14-28(15-17-29)21-10-8-7-9-11-21/h7-11,18-19,31H,12-17H2,1-6H3. The average molecular weight is 423 g/mol. The van der Waals surface area contributed by atoms with Crippen LogP contribution in [0, 0.1) is 0 Å². The number of phenols is 1. The molecule has 1 fully saturated rings. The Morgan fingerprint density at radius 3 is 1.87 bits per heavy atom. The van der Waals surface area contributed by atoms with Gasteiger partial charge in [0, 0.05) is 38.3 Å². The van der Waals surface area contributed by atoms with E-state index in [0.717, 1.165) is 42.9 Å². The monoisotopic (exact) mass is 422 g/mol. The molecule has 0 atom stereocenters. The summed E-state index contributed by atoms with van der Waals surface area (Å²) in [6.45, 7) is 16.0. The fourth-order valence-electron chi connectivity index (χ4n) is 4.24. The smallest absolute Gasteiger partial charge is 0.223 e. The fourth-order valence-corrected chi connectivity index (χ4v) is 4.24. The number of nitrogens with zero attached hydrogens (tertiary/aromatic N) is 2. The largest absolute Gasteiger partial charge is 0.507 e. The quantitative estimate of drug-likeness (QED) is 0.730. The van der Waals surface area contributed by atoms with Gasteiger partial charge in [0.15, 0.2) is 0 Å². The number of hydrogen-bond acceptors (Lipinski definition) is 3. The second kappa shape index (κ2) is 8.94. The highest BCUT2D eigenvalue weighted by molar-refractivity contribution is 5.77. The van der Waals surface area contributed by atoms with Crippen molar-refractivity contribution >= 4 is 11.6 Å². The minimum absolute atomic E-state index is 0.155. The molecule has 1 aliphatic heterocycles. The lowest BCUT2D eigenvalue weighted by Gasteiger charge is -2.36. The lowest BCUT2D eigenvalue weighted by molar-refractivity contribution is -0.131. The maximum Gasteiger partial charge on any atom is 0.223 e. The topological polar surface area (TPSA) is 43.8 Å². The van der Waals surface area contributed by atoms with Gasteiger partial charge in [0.05, 0.1) is 0 Å². The molecule has 4 nitrogen and oxygen atoms in total. The van der Waals surface area contributed by atoms with Gasteiger partial charge in [-0.2, -0.15) is 0 Å². The van der Waals surface area contributed by atoms with Crippen LogP contribution in [-0.2, 0) is 22.0 Å². The molecule has 2 aromatic rings. The zero-order valence-corrected chi connectivity index (χ0v) is 20.0. The summed E-state index contributed by atoms with van der Waals surface area (Å²) in [5, 5.41) is 10.9. The molecule has 0 bridgehead atoms. The first-order valence-electron chi connectivity index (χ1n) is 11.4. The molecule has 0 unspecified atom stereocenters. The minimum Gasteiger partial charge on any atom is -0.507 e. The Morgan fingerprint density at radius 1 is 0.871 bits per heavy atom. The Morgan fingerprint density at radius 2 is 1.39 bits per heavy atom. The summed E-state index contributed by atoms with van der Waals surface area (Å²) in [5.74, 6) is 0.613. The third-order valence-corrected chi connectivity index (χ3v) is 6.17. The number of benzene rings is 2. The third kappa shape index (κ3) is 5.61. The fraction of sp³-hybridized carbons (Fsp3) is 0.519. The molecule has 1 aliphatic rings. The van der Waals surface area contributed by atoms with Crippen molar-refractivity contribution in [2.24, 2.45) is 0 Å². The summed E-state index contributed by atoms with van der Waals surface area (Å²) >= 11 is 0. The second-order valence-electron chi connectivity index (χ2n) is 10.7. The number of piperazine rings is 1. The Hall–Kier alpha value is -2.49. The Bertz CT molecular complexity index is 864. The van der Waals surface area contributed by atoms with Gasteiger partial charge in [-0.25, -0.2) is 0 Å². The molecule has 2 aromatic carbocycles. The number of carbonyl (C=O) groups excluding carboxylic acids is 1. The van der Waals surface area contributed by atoms with Crippen molar-refractivity contribution in [2.45, 2.75) is 65.2 Å². The van der Waals surface area contributed by atoms with E-state index in [1.807, 2.05) is 11.0 Å². The number of rotatable bonds is 4. The van der Waals surface area contributed by atoms with Gasteiger partial charge in [0.2, 0.25) is 5.91 Å². The SMILES string of the molecule is CC(C)(C)c1cc(CCC(=O)N2CCN(c3ccccc3)CC2)cc(C(C)(C)C)c1O. The highest BCUT2D eigenvalue weighted by Crippen LogP contribution is 2.40. The van der Waals surface area contributed by atoms with Crippen molar-refractivity contribution in [3.8, 4) is 5.75 Å². The lowest BCUT2D eigenvalue weighted by atomic mass is 9.78. The molecule has 0 radical (unpaired) electrons. The van der Waals surface area contributed by atoms with Gasteiger partial charge >= 0.3 is 0 Å². The maximum absolute atomic E-state index is 12.9. The first-order valence-corrected chi connectivity index (χ1v) is 11.4. The minimum atomic E-state index is -0.155. The molecule has 3 rings (SSSR count). The first kappa shape index (κ1) is 23.2. The third-order valence-electron chi connectivity index (χ3n) is 6.17. The predicted octanol–water partition coefficient (Wildman–Crippen LogP) is 5.27. The van der Waals surface area contributed by atoms with E-state index in [0.29, 0.717) is 18.6 Å². The van der Waals surface area contributed by atoms with E-state index in [1.54, 1.807) is 0 Å². The first-order chi connectivity index (χ1) is 14.5. The van der Waals surface area contributed by atoms with Gasteiger partial charge in [-0.15, -0.1) is 0 Å². The molecule has 31 heavy (non-hydrogen) atoms. The molecule has 1 heterocycles. The molecule has 1 saturated heterocycles. The van der Waals surface area contributed by atoms with Crippen molar-refractivity contribution in [3.63, 3.8) is 0 Å². The summed E-state index contributed by atoms with van der Waals surface area (Å²) in [5.41, 5.74) is 3.96. The number of carbonyl (C=O) groups is 1. The van der Waals surface area contributed by atoms with Gasteiger partial charge in [-0.05, 0) is 46.1 Å². The molecule has 0 spiro atoms. The van der Waals surface area contributed by atoms with E-state index in [9.17, 15) is 9.90 Å². The Balaban J connectivity index is 1.66. The van der Waals surface area contributed by atoms with Crippen LogP contribution in [0.2, 0.25) is 0 Å². The van der Waals surface area contributed by atoms with Crippen molar-refractivity contribution in [1.82, 2.24) is 4.90 Å². The molecule has 168 valence electrons. The van der Waals surface area contributed by atoms with Crippen LogP contribution in [0.1, 0.15) is 64.7 Å². The molecule has 1 amide bonds. The molecule has 1 N–H and O–H groups in total. The van der Waals surface area contributed by atoms with Crippen LogP contribution in [0.25, 0.3) is 0 Å². The molecular formula is C27H38N2O2. The molecule has 0 aliphatic carbocycles. The summed E-state index contributed by atoms with van der Waals surface area (Å²) in [4.78, 5) is 17.2. The number of phenolic OH excluding ortho intramolecular Hbond substituents is 1. The molecular weight excluding hydrogens is 384 g/mol. The normalized spacial score (nSPS) is 15.3.